The lowest BCUT2D eigenvalue weighted by Crippen LogP contribution is -1.97. The number of carboxylic acids is 1. The molecule has 0 saturated carbocycles. The maximum absolute atomic E-state index is 10.9. The standard InChI is InChI=1S/C18H13N3O2/c1-12-3-2-4-13(7-12)17-6-5-16(8-14(17)9-19)21-11-15(10-20-21)18(22)23/h2-8,10-11H,1H3,(H,22,23). The fourth-order valence-electron chi connectivity index (χ4n) is 2.41. The molecule has 0 unspecified atom stereocenters. The summed E-state index contributed by atoms with van der Waals surface area (Å²) in [7, 11) is 0. The Morgan fingerprint density at radius 2 is 2.09 bits per heavy atom. The lowest BCUT2D eigenvalue weighted by molar-refractivity contribution is 0.0697. The van der Waals surface area contributed by atoms with E-state index in [-0.39, 0.29) is 5.56 Å². The second-order valence-corrected chi connectivity index (χ2v) is 5.19. The van der Waals surface area contributed by atoms with Crippen molar-refractivity contribution in [1.29, 1.82) is 5.26 Å². The number of hydrogen-bond donors (Lipinski definition) is 1. The van der Waals surface area contributed by atoms with Crippen LogP contribution in [0.3, 0.4) is 0 Å². The lowest BCUT2D eigenvalue weighted by atomic mass is 9.98. The summed E-state index contributed by atoms with van der Waals surface area (Å²) in [5.41, 5.74) is 4.19. The largest absolute Gasteiger partial charge is 0.478 e. The van der Waals surface area contributed by atoms with Crippen molar-refractivity contribution in [2.75, 3.05) is 0 Å². The molecule has 0 aliphatic rings. The molecule has 0 bridgehead atoms. The maximum Gasteiger partial charge on any atom is 0.338 e. The number of benzene rings is 2. The van der Waals surface area contributed by atoms with Crippen LogP contribution in [0.4, 0.5) is 0 Å². The van der Waals surface area contributed by atoms with E-state index in [1.807, 2.05) is 43.3 Å². The third-order valence-electron chi connectivity index (χ3n) is 3.55. The Balaban J connectivity index is 2.06. The molecule has 5 nitrogen and oxygen atoms in total. The minimum absolute atomic E-state index is 0.103. The molecule has 5 heteroatoms. The summed E-state index contributed by atoms with van der Waals surface area (Å²) >= 11 is 0. The van der Waals surface area contributed by atoms with E-state index in [1.54, 1.807) is 6.07 Å². The van der Waals surface area contributed by atoms with Crippen molar-refractivity contribution in [1.82, 2.24) is 9.78 Å². The first-order chi connectivity index (χ1) is 11.1. The fourth-order valence-corrected chi connectivity index (χ4v) is 2.41. The average Bonchev–Trinajstić information content (AvgIpc) is 3.04. The van der Waals surface area contributed by atoms with Crippen molar-refractivity contribution >= 4 is 5.97 Å². The van der Waals surface area contributed by atoms with Crippen LogP contribution < -0.4 is 0 Å². The van der Waals surface area contributed by atoms with Crippen LogP contribution in [0.25, 0.3) is 16.8 Å². The van der Waals surface area contributed by atoms with Crippen LogP contribution in [0.1, 0.15) is 21.5 Å². The van der Waals surface area contributed by atoms with Crippen molar-refractivity contribution in [3.8, 4) is 22.9 Å². The Morgan fingerprint density at radius 3 is 2.74 bits per heavy atom. The summed E-state index contributed by atoms with van der Waals surface area (Å²) in [6.45, 7) is 2.00. The van der Waals surface area contributed by atoms with Gasteiger partial charge in [-0.2, -0.15) is 10.4 Å². The lowest BCUT2D eigenvalue weighted by Gasteiger charge is -2.08. The Bertz CT molecular complexity index is 935. The van der Waals surface area contributed by atoms with Crippen LogP contribution in [-0.4, -0.2) is 20.9 Å². The predicted octanol–water partition coefficient (Wildman–Crippen LogP) is 3.42. The summed E-state index contributed by atoms with van der Waals surface area (Å²) in [4.78, 5) is 10.9. The Kier molecular flexibility index (Phi) is 3.65. The van der Waals surface area contributed by atoms with E-state index in [2.05, 4.69) is 11.2 Å². The highest BCUT2D eigenvalue weighted by atomic mass is 16.4. The zero-order valence-electron chi connectivity index (χ0n) is 12.4. The van der Waals surface area contributed by atoms with Gasteiger partial charge in [0.2, 0.25) is 0 Å². The van der Waals surface area contributed by atoms with Gasteiger partial charge >= 0.3 is 5.97 Å². The van der Waals surface area contributed by atoms with E-state index in [1.165, 1.54) is 17.1 Å². The minimum Gasteiger partial charge on any atom is -0.478 e. The van der Waals surface area contributed by atoms with Gasteiger partial charge < -0.3 is 5.11 Å². The van der Waals surface area contributed by atoms with Gasteiger partial charge in [-0.1, -0.05) is 35.9 Å². The maximum atomic E-state index is 10.9. The van der Waals surface area contributed by atoms with Gasteiger partial charge in [-0.25, -0.2) is 9.48 Å². The molecule has 0 amide bonds. The zero-order valence-corrected chi connectivity index (χ0v) is 12.4. The Labute approximate surface area is 133 Å². The van der Waals surface area contributed by atoms with Gasteiger partial charge in [-0.3, -0.25) is 0 Å². The first-order valence-corrected chi connectivity index (χ1v) is 6.98. The normalized spacial score (nSPS) is 10.3. The molecule has 0 radical (unpaired) electrons. The third-order valence-corrected chi connectivity index (χ3v) is 3.55. The van der Waals surface area contributed by atoms with E-state index in [0.29, 0.717) is 11.3 Å². The van der Waals surface area contributed by atoms with Gasteiger partial charge in [0.05, 0.1) is 29.1 Å². The van der Waals surface area contributed by atoms with Gasteiger partial charge in [-0.05, 0) is 30.2 Å². The third kappa shape index (κ3) is 2.83. The topological polar surface area (TPSA) is 78.9 Å². The van der Waals surface area contributed by atoms with Gasteiger partial charge in [0, 0.05) is 6.20 Å². The highest BCUT2D eigenvalue weighted by Crippen LogP contribution is 2.26. The van der Waals surface area contributed by atoms with Crippen LogP contribution in [0.15, 0.2) is 54.9 Å². The summed E-state index contributed by atoms with van der Waals surface area (Å²) in [6, 6.07) is 15.5. The zero-order chi connectivity index (χ0) is 16.4. The molecule has 0 saturated heterocycles. The fraction of sp³-hybridized carbons (Fsp3) is 0.0556. The number of hydrogen-bond acceptors (Lipinski definition) is 3. The Hall–Kier alpha value is -3.39. The molecule has 3 aromatic rings. The van der Waals surface area contributed by atoms with Crippen LogP contribution in [0.5, 0.6) is 0 Å². The molecule has 2 aromatic carbocycles. The number of rotatable bonds is 3. The molecular formula is C18H13N3O2. The first-order valence-electron chi connectivity index (χ1n) is 6.98. The molecular weight excluding hydrogens is 290 g/mol. The monoisotopic (exact) mass is 303 g/mol. The number of carboxylic acid groups (broad SMARTS) is 1. The molecule has 0 atom stereocenters. The number of aryl methyl sites for hydroxylation is 1. The van der Waals surface area contributed by atoms with Crippen molar-refractivity contribution in [3.63, 3.8) is 0 Å². The second kappa shape index (κ2) is 5.78. The van der Waals surface area contributed by atoms with Gasteiger partial charge in [0.1, 0.15) is 0 Å². The van der Waals surface area contributed by atoms with Crippen molar-refractivity contribution in [2.24, 2.45) is 0 Å². The number of aromatic carboxylic acids is 1. The highest BCUT2D eigenvalue weighted by molar-refractivity contribution is 5.87. The number of nitrogens with zero attached hydrogens (tertiary/aromatic N) is 3. The van der Waals surface area contributed by atoms with E-state index in [4.69, 9.17) is 5.11 Å². The van der Waals surface area contributed by atoms with Crippen molar-refractivity contribution in [3.05, 3.63) is 71.5 Å². The Morgan fingerprint density at radius 1 is 1.26 bits per heavy atom. The number of aromatic nitrogens is 2. The second-order valence-electron chi connectivity index (χ2n) is 5.19. The molecule has 1 heterocycles. The molecule has 0 aliphatic carbocycles. The highest BCUT2D eigenvalue weighted by Gasteiger charge is 2.10. The SMILES string of the molecule is Cc1cccc(-c2ccc(-n3cc(C(=O)O)cn3)cc2C#N)c1. The van der Waals surface area contributed by atoms with Crippen LogP contribution >= 0.6 is 0 Å². The van der Waals surface area contributed by atoms with Crippen molar-refractivity contribution < 1.29 is 9.90 Å². The predicted molar refractivity (Wildman–Crippen MR) is 85.4 cm³/mol. The van der Waals surface area contributed by atoms with E-state index in [9.17, 15) is 10.1 Å². The van der Waals surface area contributed by atoms with Gasteiger partial charge in [0.25, 0.3) is 0 Å². The molecule has 23 heavy (non-hydrogen) atoms. The van der Waals surface area contributed by atoms with Gasteiger partial charge in [-0.15, -0.1) is 0 Å². The smallest absolute Gasteiger partial charge is 0.338 e. The molecule has 112 valence electrons. The average molecular weight is 303 g/mol. The molecule has 1 N–H and O–H groups in total. The summed E-state index contributed by atoms with van der Waals surface area (Å²) in [6.07, 6.45) is 2.70. The minimum atomic E-state index is -1.03. The first kappa shape index (κ1) is 14.5. The van der Waals surface area contributed by atoms with Crippen LogP contribution in [0.2, 0.25) is 0 Å². The van der Waals surface area contributed by atoms with Crippen molar-refractivity contribution in [2.45, 2.75) is 6.92 Å². The molecule has 3 rings (SSSR count). The summed E-state index contributed by atoms with van der Waals surface area (Å²) < 4.78 is 1.45. The summed E-state index contributed by atoms with van der Waals surface area (Å²) in [5, 5.41) is 22.4. The summed E-state index contributed by atoms with van der Waals surface area (Å²) in [5.74, 6) is -1.03. The molecule has 0 aliphatic heterocycles. The molecule has 0 spiro atoms. The van der Waals surface area contributed by atoms with E-state index in [0.717, 1.165) is 16.7 Å². The van der Waals surface area contributed by atoms with E-state index < -0.39 is 5.97 Å². The van der Waals surface area contributed by atoms with Crippen LogP contribution in [0, 0.1) is 18.3 Å². The van der Waals surface area contributed by atoms with Crippen LogP contribution in [-0.2, 0) is 0 Å². The van der Waals surface area contributed by atoms with Gasteiger partial charge in [0.15, 0.2) is 0 Å². The number of nitriles is 1. The quantitative estimate of drug-likeness (QED) is 0.804. The molecule has 0 fully saturated rings. The van der Waals surface area contributed by atoms with E-state index >= 15 is 0 Å². The number of carbonyl (C=O) groups is 1. The molecule has 1 aromatic heterocycles.